The second-order valence-electron chi connectivity index (χ2n) is 5.18. The molecular weight excluding hydrogens is 276 g/mol. The number of fused-ring (bicyclic) bond motifs is 2. The summed E-state index contributed by atoms with van der Waals surface area (Å²) < 4.78 is 6.04. The molecule has 1 nitrogen and oxygen atoms in total. The Hall–Kier alpha value is -2.19. The van der Waals surface area contributed by atoms with E-state index in [1.54, 1.807) is 11.8 Å². The molecule has 3 aromatic carbocycles. The molecule has 0 N–H and O–H groups in total. The highest BCUT2D eigenvalue weighted by Gasteiger charge is 2.17. The van der Waals surface area contributed by atoms with Gasteiger partial charge in [0.15, 0.2) is 0 Å². The van der Waals surface area contributed by atoms with Crippen LogP contribution < -0.4 is 4.74 Å². The third kappa shape index (κ3) is 2.32. The number of hydrogen-bond acceptors (Lipinski definition) is 2. The summed E-state index contributed by atoms with van der Waals surface area (Å²) in [6.45, 7) is 2.10. The number of benzene rings is 3. The lowest BCUT2D eigenvalue weighted by Crippen LogP contribution is -1.94. The van der Waals surface area contributed by atoms with Gasteiger partial charge in [-0.25, -0.2) is 0 Å². The fourth-order valence-corrected chi connectivity index (χ4v) is 3.38. The highest BCUT2D eigenvalue weighted by Crippen LogP contribution is 2.47. The van der Waals surface area contributed by atoms with Crippen LogP contribution in [0.15, 0.2) is 76.5 Å². The molecule has 0 saturated carbocycles. The third-order valence-electron chi connectivity index (χ3n) is 3.62. The van der Waals surface area contributed by atoms with Gasteiger partial charge in [0.2, 0.25) is 0 Å². The Labute approximate surface area is 128 Å². The van der Waals surface area contributed by atoms with Gasteiger partial charge in [0.25, 0.3) is 0 Å². The van der Waals surface area contributed by atoms with E-state index in [0.717, 1.165) is 11.5 Å². The van der Waals surface area contributed by atoms with Crippen LogP contribution in [0.5, 0.6) is 11.5 Å². The van der Waals surface area contributed by atoms with Crippen LogP contribution in [-0.4, -0.2) is 0 Å². The van der Waals surface area contributed by atoms with E-state index in [9.17, 15) is 0 Å². The molecule has 0 atom stereocenters. The first-order chi connectivity index (χ1) is 10.3. The molecule has 0 saturated heterocycles. The van der Waals surface area contributed by atoms with Crippen LogP contribution in [0.4, 0.5) is 0 Å². The molecule has 1 aliphatic heterocycles. The van der Waals surface area contributed by atoms with Gasteiger partial charge in [-0.15, -0.1) is 0 Å². The summed E-state index contributed by atoms with van der Waals surface area (Å²) in [6, 6.07) is 23.2. The van der Waals surface area contributed by atoms with E-state index < -0.39 is 0 Å². The molecule has 0 unspecified atom stereocenters. The summed E-state index contributed by atoms with van der Waals surface area (Å²) in [7, 11) is 0. The molecule has 0 spiro atoms. The highest BCUT2D eigenvalue weighted by atomic mass is 32.2. The summed E-state index contributed by atoms with van der Waals surface area (Å²) in [5, 5.41) is 0. The van der Waals surface area contributed by atoms with Gasteiger partial charge in [-0.1, -0.05) is 59.8 Å². The fraction of sp³-hybridized carbons (Fsp3) is 0.0526. The van der Waals surface area contributed by atoms with E-state index in [1.807, 2.05) is 18.2 Å². The molecule has 4 rings (SSSR count). The largest absolute Gasteiger partial charge is 0.455 e. The topological polar surface area (TPSA) is 9.23 Å². The normalized spacial score (nSPS) is 12.2. The number of hydrogen-bond donors (Lipinski definition) is 0. The van der Waals surface area contributed by atoms with Gasteiger partial charge in [0.05, 0.1) is 9.79 Å². The van der Waals surface area contributed by atoms with E-state index in [1.165, 1.54) is 26.5 Å². The zero-order valence-electron chi connectivity index (χ0n) is 11.7. The average molecular weight is 290 g/mol. The van der Waals surface area contributed by atoms with Crippen LogP contribution >= 0.6 is 11.8 Å². The highest BCUT2D eigenvalue weighted by molar-refractivity contribution is 7.99. The number of ether oxygens (including phenoxy) is 1. The SMILES string of the molecule is Cc1ccc(-c2ccc3c(c2)Oc2ccccc2S3)cc1. The maximum Gasteiger partial charge on any atom is 0.142 e. The zero-order valence-corrected chi connectivity index (χ0v) is 12.5. The Morgan fingerprint density at radius 2 is 1.43 bits per heavy atom. The van der Waals surface area contributed by atoms with Gasteiger partial charge in [0, 0.05) is 0 Å². The quantitative estimate of drug-likeness (QED) is 0.430. The molecule has 102 valence electrons. The van der Waals surface area contributed by atoms with Gasteiger partial charge in [-0.05, 0) is 42.3 Å². The standard InChI is InChI=1S/C19H14OS/c1-13-6-8-14(9-7-13)15-10-11-19-17(12-15)20-16-4-2-3-5-18(16)21-19/h2-12H,1H3. The Morgan fingerprint density at radius 1 is 0.714 bits per heavy atom. The molecule has 21 heavy (non-hydrogen) atoms. The predicted molar refractivity (Wildman–Crippen MR) is 87.3 cm³/mol. The van der Waals surface area contributed by atoms with E-state index in [2.05, 4.69) is 55.5 Å². The van der Waals surface area contributed by atoms with Gasteiger partial charge in [0.1, 0.15) is 11.5 Å². The van der Waals surface area contributed by atoms with E-state index >= 15 is 0 Å². The maximum atomic E-state index is 6.04. The Bertz CT molecular complexity index is 806. The average Bonchev–Trinajstić information content (AvgIpc) is 2.53. The Morgan fingerprint density at radius 3 is 2.29 bits per heavy atom. The van der Waals surface area contributed by atoms with Gasteiger partial charge >= 0.3 is 0 Å². The molecule has 1 heterocycles. The molecule has 2 heteroatoms. The van der Waals surface area contributed by atoms with Crippen molar-refractivity contribution in [2.45, 2.75) is 16.7 Å². The minimum Gasteiger partial charge on any atom is -0.455 e. The van der Waals surface area contributed by atoms with Crippen molar-refractivity contribution in [3.8, 4) is 22.6 Å². The summed E-state index contributed by atoms with van der Waals surface area (Å²) in [5.74, 6) is 1.88. The summed E-state index contributed by atoms with van der Waals surface area (Å²) >= 11 is 1.76. The van der Waals surface area contributed by atoms with Crippen LogP contribution in [0.2, 0.25) is 0 Å². The lowest BCUT2D eigenvalue weighted by molar-refractivity contribution is 0.455. The molecule has 3 aromatic rings. The van der Waals surface area contributed by atoms with Crippen molar-refractivity contribution in [2.24, 2.45) is 0 Å². The van der Waals surface area contributed by atoms with E-state index in [4.69, 9.17) is 4.74 Å². The Balaban J connectivity index is 1.74. The van der Waals surface area contributed by atoms with Gasteiger partial charge < -0.3 is 4.74 Å². The van der Waals surface area contributed by atoms with Gasteiger partial charge in [-0.3, -0.25) is 0 Å². The molecule has 0 bridgehead atoms. The smallest absolute Gasteiger partial charge is 0.142 e. The lowest BCUT2D eigenvalue weighted by atomic mass is 10.0. The minimum atomic E-state index is 0.941. The maximum absolute atomic E-state index is 6.04. The predicted octanol–water partition coefficient (Wildman–Crippen LogP) is 5.92. The van der Waals surface area contributed by atoms with Crippen LogP contribution in [0.1, 0.15) is 5.56 Å². The first kappa shape index (κ1) is 12.5. The van der Waals surface area contributed by atoms with Crippen molar-refractivity contribution in [1.29, 1.82) is 0 Å². The minimum absolute atomic E-state index is 0.941. The van der Waals surface area contributed by atoms with E-state index in [0.29, 0.717) is 0 Å². The van der Waals surface area contributed by atoms with Crippen LogP contribution in [0.25, 0.3) is 11.1 Å². The van der Waals surface area contributed by atoms with Crippen molar-refractivity contribution in [2.75, 3.05) is 0 Å². The summed E-state index contributed by atoms with van der Waals surface area (Å²) in [5.41, 5.74) is 3.68. The fourth-order valence-electron chi connectivity index (χ4n) is 2.45. The molecule has 0 fully saturated rings. The second-order valence-corrected chi connectivity index (χ2v) is 6.26. The van der Waals surface area contributed by atoms with Crippen LogP contribution in [-0.2, 0) is 0 Å². The summed E-state index contributed by atoms with van der Waals surface area (Å²) in [4.78, 5) is 2.35. The second kappa shape index (κ2) is 4.97. The monoisotopic (exact) mass is 290 g/mol. The first-order valence-corrected chi connectivity index (χ1v) is 7.77. The molecule has 0 amide bonds. The summed E-state index contributed by atoms with van der Waals surface area (Å²) in [6.07, 6.45) is 0. The lowest BCUT2D eigenvalue weighted by Gasteiger charge is -2.20. The zero-order chi connectivity index (χ0) is 14.2. The molecule has 0 aromatic heterocycles. The van der Waals surface area contributed by atoms with Crippen molar-refractivity contribution in [3.05, 3.63) is 72.3 Å². The van der Waals surface area contributed by atoms with Crippen molar-refractivity contribution < 1.29 is 4.74 Å². The molecule has 0 aliphatic carbocycles. The third-order valence-corrected chi connectivity index (χ3v) is 4.73. The first-order valence-electron chi connectivity index (χ1n) is 6.95. The Kier molecular flexibility index (Phi) is 2.97. The molecule has 1 aliphatic rings. The van der Waals surface area contributed by atoms with Crippen molar-refractivity contribution in [1.82, 2.24) is 0 Å². The number of aryl methyl sites for hydroxylation is 1. The number of para-hydroxylation sites is 1. The molecular formula is C19H14OS. The van der Waals surface area contributed by atoms with Crippen LogP contribution in [0, 0.1) is 6.92 Å². The van der Waals surface area contributed by atoms with E-state index in [-0.39, 0.29) is 0 Å². The van der Waals surface area contributed by atoms with Gasteiger partial charge in [-0.2, -0.15) is 0 Å². The van der Waals surface area contributed by atoms with Crippen molar-refractivity contribution >= 4 is 11.8 Å². The van der Waals surface area contributed by atoms with Crippen LogP contribution in [0.3, 0.4) is 0 Å². The number of rotatable bonds is 1. The molecule has 0 radical (unpaired) electrons. The van der Waals surface area contributed by atoms with Crippen molar-refractivity contribution in [3.63, 3.8) is 0 Å².